The summed E-state index contributed by atoms with van der Waals surface area (Å²) in [5.74, 6) is -0.803. The number of anilines is 1. The lowest BCUT2D eigenvalue weighted by atomic mass is 10.0. The molecule has 4 heterocycles. The molecule has 0 unspecified atom stereocenters. The Bertz CT molecular complexity index is 1630. The van der Waals surface area contributed by atoms with Gasteiger partial charge in [0.2, 0.25) is 5.95 Å². The fourth-order valence-electron chi connectivity index (χ4n) is 4.09. The fraction of sp³-hybridized carbons (Fsp3) is 0.0435. The van der Waals surface area contributed by atoms with Gasteiger partial charge in [0.05, 0.1) is 23.4 Å². The number of aromatic amines is 1. The van der Waals surface area contributed by atoms with Crippen LogP contribution in [-0.4, -0.2) is 35.8 Å². The topological polar surface area (TPSA) is 123 Å². The van der Waals surface area contributed by atoms with Crippen LogP contribution in [0.5, 0.6) is 0 Å². The number of carboxylic acid groups (broad SMARTS) is 1. The molecule has 9 heteroatoms. The van der Waals surface area contributed by atoms with Gasteiger partial charge in [-0.3, -0.25) is 9.89 Å². The van der Waals surface area contributed by atoms with Gasteiger partial charge in [-0.2, -0.15) is 5.10 Å². The molecule has 2 aromatic carbocycles. The van der Waals surface area contributed by atoms with E-state index in [1.807, 2.05) is 18.2 Å². The first-order valence-electron chi connectivity index (χ1n) is 9.86. The predicted molar refractivity (Wildman–Crippen MR) is 125 cm³/mol. The van der Waals surface area contributed by atoms with E-state index in [1.54, 1.807) is 34.5 Å². The van der Waals surface area contributed by atoms with Crippen LogP contribution in [0.4, 0.5) is 5.95 Å². The number of nitrogens with two attached hydrogens (primary N) is 1. The third-order valence-corrected chi connectivity index (χ3v) is 6.64. The average Bonchev–Trinajstić information content (AvgIpc) is 3.49. The molecule has 0 aliphatic heterocycles. The van der Waals surface area contributed by atoms with Crippen molar-refractivity contribution in [2.45, 2.75) is 6.54 Å². The number of nitrogens with one attached hydrogen (secondary N) is 1. The number of hydrogen-bond acceptors (Lipinski definition) is 6. The van der Waals surface area contributed by atoms with Crippen LogP contribution in [0.3, 0.4) is 0 Å². The van der Waals surface area contributed by atoms with Gasteiger partial charge >= 0.3 is 5.97 Å². The second-order valence-electron chi connectivity index (χ2n) is 7.53. The molecular formula is C23H16N6O2S. The summed E-state index contributed by atoms with van der Waals surface area (Å²) in [6.07, 6.45) is 5.14. The molecule has 4 N–H and O–H groups in total. The van der Waals surface area contributed by atoms with Crippen LogP contribution in [0.1, 0.15) is 0 Å². The van der Waals surface area contributed by atoms with Crippen molar-refractivity contribution in [3.63, 3.8) is 0 Å². The van der Waals surface area contributed by atoms with Crippen LogP contribution < -0.4 is 5.73 Å². The number of H-pyrrole nitrogens is 1. The molecule has 0 aliphatic rings. The second kappa shape index (κ2) is 6.89. The lowest BCUT2D eigenvalue weighted by Crippen LogP contribution is -2.07. The van der Waals surface area contributed by atoms with Gasteiger partial charge in [-0.1, -0.05) is 18.2 Å². The number of rotatable bonds is 4. The van der Waals surface area contributed by atoms with Crippen molar-refractivity contribution < 1.29 is 9.90 Å². The van der Waals surface area contributed by atoms with Gasteiger partial charge in [-0.15, -0.1) is 11.3 Å². The summed E-state index contributed by atoms with van der Waals surface area (Å²) >= 11 is 1.72. The van der Waals surface area contributed by atoms with Crippen LogP contribution in [0.15, 0.2) is 61.1 Å². The standard InChI is InChI=1S/C23H16N6O2S/c24-23-25-9-17-22(27-23)16(10-29(17)11-20(30)31)13-5-14-8-26-28-21(14)15(6-13)19-7-12-3-1-2-4-18(12)32-19/h1-10H,11H2,(H,26,28)(H,30,31)(H2,24,25,27). The smallest absolute Gasteiger partial charge is 0.323 e. The highest BCUT2D eigenvalue weighted by molar-refractivity contribution is 7.22. The van der Waals surface area contributed by atoms with Gasteiger partial charge in [0.25, 0.3) is 0 Å². The Morgan fingerprint density at radius 1 is 1.12 bits per heavy atom. The maximum absolute atomic E-state index is 11.4. The normalized spacial score (nSPS) is 11.6. The number of aromatic nitrogens is 5. The van der Waals surface area contributed by atoms with E-state index >= 15 is 0 Å². The number of nitrogens with zero attached hydrogens (tertiary/aromatic N) is 4. The predicted octanol–water partition coefficient (Wildman–Crippen LogP) is 4.52. The van der Waals surface area contributed by atoms with E-state index in [9.17, 15) is 9.90 Å². The molecule has 0 radical (unpaired) electrons. The Morgan fingerprint density at radius 2 is 2.00 bits per heavy atom. The molecule has 0 bridgehead atoms. The zero-order valence-electron chi connectivity index (χ0n) is 16.6. The minimum absolute atomic E-state index is 0.140. The highest BCUT2D eigenvalue weighted by Crippen LogP contribution is 2.40. The third-order valence-electron chi connectivity index (χ3n) is 5.49. The van der Waals surface area contributed by atoms with Crippen LogP contribution in [-0.2, 0) is 11.3 Å². The first-order valence-corrected chi connectivity index (χ1v) is 10.7. The number of carbonyl (C=O) groups is 1. The molecule has 0 amide bonds. The molecule has 0 atom stereocenters. The van der Waals surface area contributed by atoms with Crippen molar-refractivity contribution in [1.82, 2.24) is 24.7 Å². The fourth-order valence-corrected chi connectivity index (χ4v) is 5.18. The Hall–Kier alpha value is -4.24. The SMILES string of the molecule is Nc1ncc2c(n1)c(-c1cc(-c3cc4ccccc4s3)c3[nH]ncc3c1)cn2CC(=O)O. The molecule has 8 nitrogen and oxygen atoms in total. The van der Waals surface area contributed by atoms with Crippen molar-refractivity contribution in [2.75, 3.05) is 5.73 Å². The van der Waals surface area contributed by atoms with Crippen molar-refractivity contribution >= 4 is 55.3 Å². The first-order chi connectivity index (χ1) is 15.6. The highest BCUT2D eigenvalue weighted by Gasteiger charge is 2.18. The van der Waals surface area contributed by atoms with Crippen molar-refractivity contribution in [3.8, 4) is 21.6 Å². The Labute approximate surface area is 185 Å². The van der Waals surface area contributed by atoms with Gasteiger partial charge in [0.15, 0.2) is 0 Å². The minimum atomic E-state index is -0.943. The van der Waals surface area contributed by atoms with Crippen LogP contribution >= 0.6 is 11.3 Å². The number of thiophene rings is 1. The van der Waals surface area contributed by atoms with Gasteiger partial charge in [0.1, 0.15) is 12.1 Å². The second-order valence-corrected chi connectivity index (χ2v) is 8.62. The number of nitrogen functional groups attached to an aromatic ring is 1. The van der Waals surface area contributed by atoms with E-state index in [0.717, 1.165) is 32.5 Å². The van der Waals surface area contributed by atoms with E-state index in [-0.39, 0.29) is 12.5 Å². The molecular weight excluding hydrogens is 424 g/mol. The minimum Gasteiger partial charge on any atom is -0.480 e. The van der Waals surface area contributed by atoms with Crippen molar-refractivity contribution in [1.29, 1.82) is 0 Å². The molecule has 6 rings (SSSR count). The highest BCUT2D eigenvalue weighted by atomic mass is 32.1. The summed E-state index contributed by atoms with van der Waals surface area (Å²) < 4.78 is 2.84. The molecule has 0 spiro atoms. The molecule has 0 fully saturated rings. The summed E-state index contributed by atoms with van der Waals surface area (Å²) in [5.41, 5.74) is 10.8. The third kappa shape index (κ3) is 2.90. The Morgan fingerprint density at radius 3 is 2.84 bits per heavy atom. The van der Waals surface area contributed by atoms with Crippen LogP contribution in [0.25, 0.3) is 53.6 Å². The van der Waals surface area contributed by atoms with E-state index in [1.165, 1.54) is 10.1 Å². The van der Waals surface area contributed by atoms with Gasteiger partial charge < -0.3 is 15.4 Å². The van der Waals surface area contributed by atoms with Crippen molar-refractivity contribution in [2.24, 2.45) is 0 Å². The molecule has 156 valence electrons. The van der Waals surface area contributed by atoms with Crippen LogP contribution in [0, 0.1) is 0 Å². The maximum atomic E-state index is 11.4. The van der Waals surface area contributed by atoms with Crippen molar-refractivity contribution in [3.05, 3.63) is 61.1 Å². The lowest BCUT2D eigenvalue weighted by Gasteiger charge is -2.06. The number of benzene rings is 2. The number of hydrogen-bond donors (Lipinski definition) is 3. The van der Waals surface area contributed by atoms with E-state index in [4.69, 9.17) is 5.73 Å². The number of aliphatic carboxylic acids is 1. The zero-order valence-corrected chi connectivity index (χ0v) is 17.4. The molecule has 0 saturated heterocycles. The summed E-state index contributed by atoms with van der Waals surface area (Å²) in [5, 5.41) is 18.8. The molecule has 32 heavy (non-hydrogen) atoms. The number of carboxylic acids is 1. The van der Waals surface area contributed by atoms with E-state index in [0.29, 0.717) is 11.0 Å². The first kappa shape index (κ1) is 18.5. The number of fused-ring (bicyclic) bond motifs is 3. The monoisotopic (exact) mass is 440 g/mol. The Kier molecular flexibility index (Phi) is 3.99. The quantitative estimate of drug-likeness (QED) is 0.370. The van der Waals surface area contributed by atoms with Gasteiger partial charge in [-0.05, 0) is 35.2 Å². The summed E-state index contributed by atoms with van der Waals surface area (Å²) in [6, 6.07) is 14.6. The Balaban J connectivity index is 1.62. The summed E-state index contributed by atoms with van der Waals surface area (Å²) in [6.45, 7) is -0.194. The summed E-state index contributed by atoms with van der Waals surface area (Å²) in [4.78, 5) is 21.0. The zero-order chi connectivity index (χ0) is 21.8. The van der Waals surface area contributed by atoms with Gasteiger partial charge in [0, 0.05) is 32.3 Å². The van der Waals surface area contributed by atoms with Crippen LogP contribution in [0.2, 0.25) is 0 Å². The van der Waals surface area contributed by atoms with Gasteiger partial charge in [-0.25, -0.2) is 9.97 Å². The van der Waals surface area contributed by atoms with E-state index in [2.05, 4.69) is 44.4 Å². The molecule has 0 saturated carbocycles. The maximum Gasteiger partial charge on any atom is 0.323 e. The molecule has 0 aliphatic carbocycles. The summed E-state index contributed by atoms with van der Waals surface area (Å²) in [7, 11) is 0. The largest absolute Gasteiger partial charge is 0.480 e. The van der Waals surface area contributed by atoms with E-state index < -0.39 is 5.97 Å². The average molecular weight is 440 g/mol. The lowest BCUT2D eigenvalue weighted by molar-refractivity contribution is -0.137. The molecule has 6 aromatic rings. The molecule has 4 aromatic heterocycles.